The maximum Gasteiger partial charge on any atom is -0.00206 e. The highest BCUT2D eigenvalue weighted by Crippen LogP contribution is 2.08. The van der Waals surface area contributed by atoms with Gasteiger partial charge in [-0.3, -0.25) is 0 Å². The van der Waals surface area contributed by atoms with E-state index in [0.717, 1.165) is 37.3 Å². The van der Waals surface area contributed by atoms with E-state index in [1.807, 2.05) is 38.1 Å². The first-order valence-electron chi connectivity index (χ1n) is 13.5. The third kappa shape index (κ3) is 42.7. The van der Waals surface area contributed by atoms with Crippen molar-refractivity contribution in [1.82, 2.24) is 5.32 Å². The minimum atomic E-state index is 0.500. The van der Waals surface area contributed by atoms with Crippen LogP contribution in [0.15, 0.2) is 72.8 Å². The molecule has 35 heavy (non-hydrogen) atoms. The van der Waals surface area contributed by atoms with Gasteiger partial charge in [-0.25, -0.2) is 0 Å². The summed E-state index contributed by atoms with van der Waals surface area (Å²) in [5, 5.41) is 3.47. The summed E-state index contributed by atoms with van der Waals surface area (Å²) in [5.74, 6) is 2.37. The summed E-state index contributed by atoms with van der Waals surface area (Å²) in [6.45, 7) is 34.2. The Balaban J connectivity index is -0.000000382. The molecule has 0 amide bonds. The van der Waals surface area contributed by atoms with E-state index in [0.29, 0.717) is 5.41 Å². The minimum absolute atomic E-state index is 0.500. The van der Waals surface area contributed by atoms with Crippen LogP contribution in [0, 0.1) is 30.1 Å². The highest BCUT2D eigenvalue weighted by atomic mass is 14.9. The molecule has 1 atom stereocenters. The number of hydrogen-bond acceptors (Lipinski definition) is 1. The van der Waals surface area contributed by atoms with Crippen LogP contribution in [0.5, 0.6) is 0 Å². The molecular formula is C34H61N. The smallest absolute Gasteiger partial charge is 0.00206 e. The third-order valence-electron chi connectivity index (χ3n) is 4.35. The third-order valence-corrected chi connectivity index (χ3v) is 4.35. The molecule has 0 radical (unpaired) electrons. The summed E-state index contributed by atoms with van der Waals surface area (Å²) in [4.78, 5) is 0. The van der Waals surface area contributed by atoms with Gasteiger partial charge in [0.15, 0.2) is 0 Å². The van der Waals surface area contributed by atoms with Gasteiger partial charge in [0.1, 0.15) is 0 Å². The van der Waals surface area contributed by atoms with Gasteiger partial charge in [-0.1, -0.05) is 141 Å². The number of allylic oxidation sites excluding steroid dienone is 1. The highest BCUT2D eigenvalue weighted by Gasteiger charge is 2.05. The van der Waals surface area contributed by atoms with Crippen LogP contribution in [0.25, 0.3) is 0 Å². The Kier molecular flexibility index (Phi) is 25.7. The van der Waals surface area contributed by atoms with Crippen molar-refractivity contribution in [2.45, 2.75) is 96.4 Å². The van der Waals surface area contributed by atoms with Crippen LogP contribution in [-0.4, -0.2) is 13.1 Å². The highest BCUT2D eigenvalue weighted by molar-refractivity contribution is 5.14. The standard InChI is InChI=1S/C10H23N.C8H10.C7H8.C5H12.C4H8/c1-8(2)6-11-7-10(5)9(3)4;1-2-8-6-4-3-5-7-8;1-7-5-3-2-4-6-7;1-5(2,3)4;1-4(2)3/h8-11H,6-7H2,1-5H3;3-7H,2H2,1H3;2-6H,1H3;1-4H3;1H2,2-3H3. The van der Waals surface area contributed by atoms with Crippen LogP contribution in [0.2, 0.25) is 0 Å². The molecule has 1 N–H and O–H groups in total. The Bertz CT molecular complexity index is 668. The molecule has 2 aromatic carbocycles. The molecular weight excluding hydrogens is 422 g/mol. The van der Waals surface area contributed by atoms with E-state index in [1.54, 1.807) is 0 Å². The maximum absolute atomic E-state index is 3.56. The predicted octanol–water partition coefficient (Wildman–Crippen LogP) is 10.4. The molecule has 2 rings (SSSR count). The van der Waals surface area contributed by atoms with Crippen molar-refractivity contribution in [3.63, 3.8) is 0 Å². The van der Waals surface area contributed by atoms with Crippen molar-refractivity contribution >= 4 is 0 Å². The Morgan fingerprint density at radius 1 is 0.771 bits per heavy atom. The van der Waals surface area contributed by atoms with Gasteiger partial charge in [-0.15, -0.1) is 6.58 Å². The Labute approximate surface area is 221 Å². The van der Waals surface area contributed by atoms with Crippen molar-refractivity contribution in [1.29, 1.82) is 0 Å². The van der Waals surface area contributed by atoms with Gasteiger partial charge in [-0.05, 0) is 69.0 Å². The van der Waals surface area contributed by atoms with Crippen LogP contribution in [0.4, 0.5) is 0 Å². The van der Waals surface area contributed by atoms with E-state index >= 15 is 0 Å². The molecule has 0 bridgehead atoms. The van der Waals surface area contributed by atoms with Gasteiger partial charge >= 0.3 is 0 Å². The summed E-state index contributed by atoms with van der Waals surface area (Å²) in [6.07, 6.45) is 1.14. The van der Waals surface area contributed by atoms with Gasteiger partial charge < -0.3 is 5.32 Å². The fourth-order valence-corrected chi connectivity index (χ4v) is 2.08. The Hall–Kier alpha value is -1.86. The molecule has 0 aromatic heterocycles. The average molecular weight is 484 g/mol. The fourth-order valence-electron chi connectivity index (χ4n) is 2.08. The monoisotopic (exact) mass is 483 g/mol. The van der Waals surface area contributed by atoms with Crippen LogP contribution >= 0.6 is 0 Å². The van der Waals surface area contributed by atoms with Gasteiger partial charge in [0.2, 0.25) is 0 Å². The van der Waals surface area contributed by atoms with Gasteiger partial charge in [-0.2, -0.15) is 0 Å². The minimum Gasteiger partial charge on any atom is -0.316 e. The number of rotatable bonds is 6. The molecule has 202 valence electrons. The quantitative estimate of drug-likeness (QED) is 0.403. The summed E-state index contributed by atoms with van der Waals surface area (Å²) >= 11 is 0. The lowest BCUT2D eigenvalue weighted by Crippen LogP contribution is -2.27. The lowest BCUT2D eigenvalue weighted by Gasteiger charge is -2.16. The molecule has 0 spiro atoms. The van der Waals surface area contributed by atoms with E-state index < -0.39 is 0 Å². The Morgan fingerprint density at radius 3 is 1.37 bits per heavy atom. The molecule has 2 aromatic rings. The van der Waals surface area contributed by atoms with Crippen molar-refractivity contribution in [2.75, 3.05) is 13.1 Å². The number of hydrogen-bond donors (Lipinski definition) is 1. The largest absolute Gasteiger partial charge is 0.316 e. The first kappa shape index (κ1) is 37.7. The van der Waals surface area contributed by atoms with Crippen LogP contribution < -0.4 is 5.32 Å². The molecule has 1 unspecified atom stereocenters. The molecule has 1 nitrogen and oxygen atoms in total. The zero-order chi connectivity index (χ0) is 27.9. The normalized spacial score (nSPS) is 10.8. The van der Waals surface area contributed by atoms with E-state index in [4.69, 9.17) is 0 Å². The Morgan fingerprint density at radius 2 is 1.14 bits per heavy atom. The van der Waals surface area contributed by atoms with Crippen molar-refractivity contribution < 1.29 is 0 Å². The number of aryl methyl sites for hydroxylation is 2. The average Bonchev–Trinajstić information content (AvgIpc) is 2.74. The molecule has 0 aliphatic heterocycles. The summed E-state index contributed by atoms with van der Waals surface area (Å²) in [6, 6.07) is 20.7. The van der Waals surface area contributed by atoms with Crippen LogP contribution in [0.1, 0.15) is 94.2 Å². The summed E-state index contributed by atoms with van der Waals surface area (Å²) in [5.41, 5.74) is 4.40. The lowest BCUT2D eigenvalue weighted by molar-refractivity contribution is 0.382. The second-order valence-corrected chi connectivity index (χ2v) is 12.0. The fraction of sp³-hybridized carbons (Fsp3) is 0.588. The molecule has 1 heteroatoms. The van der Waals surface area contributed by atoms with Gasteiger partial charge in [0.25, 0.3) is 0 Å². The maximum atomic E-state index is 3.56. The topological polar surface area (TPSA) is 12.0 Å². The summed E-state index contributed by atoms with van der Waals surface area (Å²) < 4.78 is 0. The number of benzene rings is 2. The van der Waals surface area contributed by atoms with E-state index in [-0.39, 0.29) is 0 Å². The van der Waals surface area contributed by atoms with Crippen LogP contribution in [-0.2, 0) is 6.42 Å². The SMILES string of the molecule is C=C(C)C.CC(C)(C)C.CC(C)CNCC(C)C(C)C.CCc1ccccc1.Cc1ccccc1. The molecule has 0 fully saturated rings. The lowest BCUT2D eigenvalue weighted by atomic mass is 9.98. The van der Waals surface area contributed by atoms with Gasteiger partial charge in [0.05, 0.1) is 0 Å². The zero-order valence-electron chi connectivity index (χ0n) is 25.8. The second-order valence-electron chi connectivity index (χ2n) is 12.0. The van der Waals surface area contributed by atoms with Crippen molar-refractivity contribution in [3.8, 4) is 0 Å². The van der Waals surface area contributed by atoms with Gasteiger partial charge in [0, 0.05) is 0 Å². The predicted molar refractivity (Wildman–Crippen MR) is 164 cm³/mol. The van der Waals surface area contributed by atoms with Crippen molar-refractivity contribution in [3.05, 3.63) is 83.9 Å². The van der Waals surface area contributed by atoms with Crippen LogP contribution in [0.3, 0.4) is 0 Å². The van der Waals surface area contributed by atoms with E-state index in [1.165, 1.54) is 16.7 Å². The van der Waals surface area contributed by atoms with E-state index in [9.17, 15) is 0 Å². The molecule has 0 aliphatic carbocycles. The summed E-state index contributed by atoms with van der Waals surface area (Å²) in [7, 11) is 0. The first-order chi connectivity index (χ1) is 16.1. The number of nitrogens with one attached hydrogen (secondary N) is 1. The molecule has 0 saturated carbocycles. The molecule has 0 heterocycles. The zero-order valence-corrected chi connectivity index (χ0v) is 25.8. The molecule has 0 aliphatic rings. The van der Waals surface area contributed by atoms with Crippen molar-refractivity contribution in [2.24, 2.45) is 23.2 Å². The second kappa shape index (κ2) is 23.9. The first-order valence-corrected chi connectivity index (χ1v) is 13.5. The molecule has 0 saturated heterocycles. The van der Waals surface area contributed by atoms with E-state index in [2.05, 4.69) is 124 Å².